The Morgan fingerprint density at radius 1 is 1.14 bits per heavy atom. The number of nitrogens with zero attached hydrogens (tertiary/aromatic N) is 1. The molecule has 1 heterocycles. The minimum absolute atomic E-state index is 0.418. The summed E-state index contributed by atoms with van der Waals surface area (Å²) >= 11 is 1.46. The zero-order valence-electron chi connectivity index (χ0n) is 15.3. The number of rotatable bonds is 7. The van der Waals surface area contributed by atoms with Crippen LogP contribution in [-0.4, -0.2) is 37.7 Å². The average Bonchev–Trinajstić information content (AvgIpc) is 3.14. The molecule has 1 N–H and O–H groups in total. The van der Waals surface area contributed by atoms with Gasteiger partial charge in [0, 0.05) is 12.1 Å². The summed E-state index contributed by atoms with van der Waals surface area (Å²) in [6.45, 7) is -0.418. The van der Waals surface area contributed by atoms with Crippen LogP contribution < -0.4 is 14.8 Å². The van der Waals surface area contributed by atoms with E-state index in [-0.39, 0.29) is 0 Å². The highest BCUT2D eigenvalue weighted by Crippen LogP contribution is 2.29. The summed E-state index contributed by atoms with van der Waals surface area (Å²) < 4.78 is 16.3. The van der Waals surface area contributed by atoms with Gasteiger partial charge in [0.2, 0.25) is 0 Å². The highest BCUT2D eigenvalue weighted by molar-refractivity contribution is 7.19. The first-order chi connectivity index (χ1) is 13.6. The number of amides is 1. The fourth-order valence-corrected chi connectivity index (χ4v) is 3.24. The van der Waals surface area contributed by atoms with Crippen LogP contribution in [0.1, 0.15) is 5.01 Å². The van der Waals surface area contributed by atoms with Gasteiger partial charge in [0.1, 0.15) is 16.5 Å². The molecule has 2 aromatic carbocycles. The average molecular weight is 398 g/mol. The molecule has 0 aliphatic rings. The molecule has 0 saturated carbocycles. The molecular weight excluding hydrogens is 380 g/mol. The van der Waals surface area contributed by atoms with E-state index in [1.165, 1.54) is 31.6 Å². The molecule has 28 heavy (non-hydrogen) atoms. The third kappa shape index (κ3) is 4.86. The molecule has 3 aromatic rings. The number of thiazole rings is 1. The number of para-hydroxylation sites is 1. The number of carbonyl (C=O) groups is 2. The van der Waals surface area contributed by atoms with E-state index in [1.807, 2.05) is 24.3 Å². The van der Waals surface area contributed by atoms with Crippen molar-refractivity contribution in [2.24, 2.45) is 0 Å². The van der Waals surface area contributed by atoms with Gasteiger partial charge < -0.3 is 19.5 Å². The van der Waals surface area contributed by atoms with E-state index in [2.05, 4.69) is 10.3 Å². The SMILES string of the molecule is COc1ccc(NC(=O)COC(=O)/C=C/c2nc3ccccc3s2)c(OC)c1. The van der Waals surface area contributed by atoms with Crippen LogP contribution in [0.4, 0.5) is 5.69 Å². The number of methoxy groups -OCH3 is 2. The van der Waals surface area contributed by atoms with Gasteiger partial charge in [-0.25, -0.2) is 9.78 Å². The molecule has 0 unspecified atom stereocenters. The first kappa shape index (κ1) is 19.4. The lowest BCUT2D eigenvalue weighted by atomic mass is 10.2. The number of hydrogen-bond acceptors (Lipinski definition) is 7. The summed E-state index contributed by atoms with van der Waals surface area (Å²) in [5.74, 6) is -0.0719. The van der Waals surface area contributed by atoms with Crippen molar-refractivity contribution in [2.75, 3.05) is 26.1 Å². The molecule has 0 saturated heterocycles. The first-order valence-corrected chi connectivity index (χ1v) is 9.13. The molecule has 0 aliphatic carbocycles. The summed E-state index contributed by atoms with van der Waals surface area (Å²) in [5.41, 5.74) is 1.32. The number of ether oxygens (including phenoxy) is 3. The maximum absolute atomic E-state index is 12.0. The number of esters is 1. The van der Waals surface area contributed by atoms with Gasteiger partial charge in [-0.2, -0.15) is 0 Å². The number of fused-ring (bicyclic) bond motifs is 1. The molecule has 0 spiro atoms. The Morgan fingerprint density at radius 3 is 2.71 bits per heavy atom. The lowest BCUT2D eigenvalue weighted by molar-refractivity contribution is -0.142. The van der Waals surface area contributed by atoms with Crippen LogP contribution in [0.2, 0.25) is 0 Å². The van der Waals surface area contributed by atoms with E-state index >= 15 is 0 Å². The van der Waals surface area contributed by atoms with Gasteiger partial charge in [0.05, 0.1) is 30.1 Å². The van der Waals surface area contributed by atoms with Crippen LogP contribution in [0.3, 0.4) is 0 Å². The van der Waals surface area contributed by atoms with Crippen molar-refractivity contribution in [2.45, 2.75) is 0 Å². The fourth-order valence-electron chi connectivity index (χ4n) is 2.37. The number of benzene rings is 2. The Labute approximate surface area is 165 Å². The van der Waals surface area contributed by atoms with Crippen LogP contribution >= 0.6 is 11.3 Å². The molecule has 8 heteroatoms. The quantitative estimate of drug-likeness (QED) is 0.484. The number of anilines is 1. The topological polar surface area (TPSA) is 86.8 Å². The second kappa shape index (κ2) is 9.01. The maximum atomic E-state index is 12.0. The number of aromatic nitrogens is 1. The smallest absolute Gasteiger partial charge is 0.331 e. The Balaban J connectivity index is 1.53. The van der Waals surface area contributed by atoms with Crippen molar-refractivity contribution >= 4 is 45.2 Å². The van der Waals surface area contributed by atoms with E-state index in [0.717, 1.165) is 10.2 Å². The molecule has 3 rings (SSSR count). The second-order valence-corrected chi connectivity index (χ2v) is 6.64. The highest BCUT2D eigenvalue weighted by atomic mass is 32.1. The Bertz CT molecular complexity index is 995. The van der Waals surface area contributed by atoms with Gasteiger partial charge in [-0.3, -0.25) is 4.79 Å². The van der Waals surface area contributed by atoms with Gasteiger partial charge in [-0.1, -0.05) is 12.1 Å². The van der Waals surface area contributed by atoms with Gasteiger partial charge in [0.15, 0.2) is 6.61 Å². The Kier molecular flexibility index (Phi) is 6.23. The summed E-state index contributed by atoms with van der Waals surface area (Å²) in [5, 5.41) is 3.31. The standard InChI is InChI=1S/C20H18N2O5S/c1-25-13-7-8-14(16(11-13)26-2)21-18(23)12-27-20(24)10-9-19-22-15-5-3-4-6-17(15)28-19/h3-11H,12H2,1-2H3,(H,21,23)/b10-9+. The van der Waals surface area contributed by atoms with E-state index in [0.29, 0.717) is 22.2 Å². The molecule has 0 atom stereocenters. The number of hydrogen-bond donors (Lipinski definition) is 1. The molecule has 0 bridgehead atoms. The molecule has 7 nitrogen and oxygen atoms in total. The van der Waals surface area contributed by atoms with Crippen LogP contribution in [0.25, 0.3) is 16.3 Å². The van der Waals surface area contributed by atoms with E-state index in [4.69, 9.17) is 14.2 Å². The molecule has 144 valence electrons. The molecule has 1 amide bonds. The zero-order chi connectivity index (χ0) is 19.9. The van der Waals surface area contributed by atoms with Crippen molar-refractivity contribution in [3.63, 3.8) is 0 Å². The predicted molar refractivity (Wildman–Crippen MR) is 108 cm³/mol. The minimum atomic E-state index is -0.629. The highest BCUT2D eigenvalue weighted by Gasteiger charge is 2.10. The lowest BCUT2D eigenvalue weighted by Gasteiger charge is -2.11. The zero-order valence-corrected chi connectivity index (χ0v) is 16.1. The van der Waals surface area contributed by atoms with Gasteiger partial charge in [-0.05, 0) is 30.3 Å². The molecule has 0 fully saturated rings. The summed E-state index contributed by atoms with van der Waals surface area (Å²) in [4.78, 5) is 28.3. The number of nitrogens with one attached hydrogen (secondary N) is 1. The molecule has 1 aromatic heterocycles. The first-order valence-electron chi connectivity index (χ1n) is 8.31. The van der Waals surface area contributed by atoms with Crippen molar-refractivity contribution in [1.29, 1.82) is 0 Å². The summed E-state index contributed by atoms with van der Waals surface area (Å²) in [6, 6.07) is 12.7. The van der Waals surface area contributed by atoms with Gasteiger partial charge in [-0.15, -0.1) is 11.3 Å². The largest absolute Gasteiger partial charge is 0.497 e. The van der Waals surface area contributed by atoms with E-state index in [1.54, 1.807) is 24.3 Å². The predicted octanol–water partition coefficient (Wildman–Crippen LogP) is 3.51. The lowest BCUT2D eigenvalue weighted by Crippen LogP contribution is -2.20. The van der Waals surface area contributed by atoms with Gasteiger partial charge >= 0.3 is 5.97 Å². The molecule has 0 aliphatic heterocycles. The normalized spacial score (nSPS) is 10.8. The third-order valence-electron chi connectivity index (χ3n) is 3.70. The van der Waals surface area contributed by atoms with Crippen LogP contribution in [0.15, 0.2) is 48.5 Å². The van der Waals surface area contributed by atoms with E-state index in [9.17, 15) is 9.59 Å². The maximum Gasteiger partial charge on any atom is 0.331 e. The van der Waals surface area contributed by atoms with Crippen LogP contribution in [0, 0.1) is 0 Å². The molecule has 0 radical (unpaired) electrons. The monoisotopic (exact) mass is 398 g/mol. The summed E-state index contributed by atoms with van der Waals surface area (Å²) in [6.07, 6.45) is 2.82. The van der Waals surface area contributed by atoms with Crippen molar-refractivity contribution < 1.29 is 23.8 Å². The van der Waals surface area contributed by atoms with Crippen molar-refractivity contribution in [3.05, 3.63) is 53.5 Å². The number of carbonyl (C=O) groups excluding carboxylic acids is 2. The fraction of sp³-hybridized carbons (Fsp3) is 0.150. The third-order valence-corrected chi connectivity index (χ3v) is 4.70. The molecular formula is C20H18N2O5S. The van der Waals surface area contributed by atoms with Gasteiger partial charge in [0.25, 0.3) is 5.91 Å². The van der Waals surface area contributed by atoms with Crippen molar-refractivity contribution in [3.8, 4) is 11.5 Å². The Hall–Kier alpha value is -3.39. The Morgan fingerprint density at radius 2 is 1.96 bits per heavy atom. The summed E-state index contributed by atoms with van der Waals surface area (Å²) in [7, 11) is 3.02. The minimum Gasteiger partial charge on any atom is -0.497 e. The second-order valence-electron chi connectivity index (χ2n) is 5.58. The van der Waals surface area contributed by atoms with Crippen LogP contribution in [-0.2, 0) is 14.3 Å². The van der Waals surface area contributed by atoms with E-state index < -0.39 is 18.5 Å². The van der Waals surface area contributed by atoms with Crippen LogP contribution in [0.5, 0.6) is 11.5 Å². The van der Waals surface area contributed by atoms with Crippen molar-refractivity contribution in [1.82, 2.24) is 4.98 Å².